The first-order valence-corrected chi connectivity index (χ1v) is 10.4. The van der Waals surface area contributed by atoms with E-state index >= 15 is 0 Å². The van der Waals surface area contributed by atoms with E-state index in [9.17, 15) is 4.79 Å². The van der Waals surface area contributed by atoms with Gasteiger partial charge in [0.05, 0.1) is 17.5 Å². The number of thioether (sulfide) groups is 1. The Morgan fingerprint density at radius 1 is 1.11 bits per heavy atom. The molecule has 0 bridgehead atoms. The van der Waals surface area contributed by atoms with Crippen molar-refractivity contribution >= 4 is 17.7 Å². The third-order valence-corrected chi connectivity index (χ3v) is 5.48. The molecule has 1 heterocycles. The molecular formula is C22H25N3OS. The maximum absolute atomic E-state index is 12.2. The van der Waals surface area contributed by atoms with Crippen molar-refractivity contribution in [3.8, 4) is 5.69 Å². The molecule has 5 heteroatoms. The average Bonchev–Trinajstić information content (AvgIpc) is 3.23. The fourth-order valence-corrected chi connectivity index (χ4v) is 3.64. The maximum atomic E-state index is 12.2. The van der Waals surface area contributed by atoms with E-state index in [1.165, 1.54) is 11.1 Å². The van der Waals surface area contributed by atoms with Crippen LogP contribution in [0.25, 0.3) is 5.69 Å². The summed E-state index contributed by atoms with van der Waals surface area (Å²) in [4.78, 5) is 12.2. The number of benzene rings is 2. The third-order valence-electron chi connectivity index (χ3n) is 4.47. The van der Waals surface area contributed by atoms with Crippen LogP contribution < -0.4 is 5.32 Å². The molecular weight excluding hydrogens is 354 g/mol. The van der Waals surface area contributed by atoms with Crippen molar-refractivity contribution in [3.05, 3.63) is 83.7 Å². The second-order valence-corrected chi connectivity index (χ2v) is 7.48. The van der Waals surface area contributed by atoms with Gasteiger partial charge in [-0.15, -0.1) is 11.8 Å². The molecule has 0 unspecified atom stereocenters. The number of aryl methyl sites for hydroxylation is 1. The summed E-state index contributed by atoms with van der Waals surface area (Å²) in [6.07, 6.45) is 4.72. The van der Waals surface area contributed by atoms with Crippen LogP contribution in [-0.4, -0.2) is 21.4 Å². The highest BCUT2D eigenvalue weighted by molar-refractivity contribution is 7.99. The Hall–Kier alpha value is -2.53. The van der Waals surface area contributed by atoms with Crippen LogP contribution in [0.2, 0.25) is 0 Å². The Bertz CT molecular complexity index is 842. The molecule has 3 rings (SSSR count). The zero-order valence-corrected chi connectivity index (χ0v) is 16.6. The smallest absolute Gasteiger partial charge is 0.230 e. The summed E-state index contributed by atoms with van der Waals surface area (Å²) in [5.74, 6) is 1.34. The molecule has 0 aliphatic carbocycles. The number of hydrogen-bond acceptors (Lipinski definition) is 3. The summed E-state index contributed by atoms with van der Waals surface area (Å²) in [5.41, 5.74) is 4.69. The summed E-state index contributed by atoms with van der Waals surface area (Å²) in [6.45, 7) is 4.17. The van der Waals surface area contributed by atoms with Gasteiger partial charge in [0.25, 0.3) is 0 Å². The van der Waals surface area contributed by atoms with E-state index in [1.54, 1.807) is 18.0 Å². The van der Waals surface area contributed by atoms with Gasteiger partial charge in [-0.3, -0.25) is 4.79 Å². The maximum Gasteiger partial charge on any atom is 0.230 e. The Morgan fingerprint density at radius 3 is 2.44 bits per heavy atom. The summed E-state index contributed by atoms with van der Waals surface area (Å²) in [7, 11) is 0. The highest BCUT2D eigenvalue weighted by Gasteiger charge is 2.09. The number of rotatable bonds is 8. The number of nitrogens with one attached hydrogen (secondary N) is 1. The molecule has 140 valence electrons. The van der Waals surface area contributed by atoms with Gasteiger partial charge in [0.2, 0.25) is 5.91 Å². The minimum atomic E-state index is 0.0253. The minimum Gasteiger partial charge on any atom is -0.349 e. The van der Waals surface area contributed by atoms with Crippen LogP contribution in [-0.2, 0) is 17.0 Å². The first-order chi connectivity index (χ1) is 13.2. The van der Waals surface area contributed by atoms with Crippen molar-refractivity contribution < 1.29 is 4.79 Å². The van der Waals surface area contributed by atoms with E-state index in [0.29, 0.717) is 5.75 Å². The fraction of sp³-hybridized carbons (Fsp3) is 0.273. The van der Waals surface area contributed by atoms with Crippen molar-refractivity contribution in [3.63, 3.8) is 0 Å². The first kappa shape index (κ1) is 19.2. The first-order valence-electron chi connectivity index (χ1n) is 9.20. The number of carbonyl (C=O) groups excluding carboxylic acids is 1. The van der Waals surface area contributed by atoms with Crippen LogP contribution in [0.15, 0.2) is 67.0 Å². The van der Waals surface area contributed by atoms with Crippen LogP contribution in [0.3, 0.4) is 0 Å². The molecule has 0 spiro atoms. The monoisotopic (exact) mass is 379 g/mol. The van der Waals surface area contributed by atoms with Gasteiger partial charge in [-0.05, 0) is 48.2 Å². The largest absolute Gasteiger partial charge is 0.349 e. The van der Waals surface area contributed by atoms with Crippen LogP contribution in [0.4, 0.5) is 0 Å². The summed E-state index contributed by atoms with van der Waals surface area (Å²) < 4.78 is 1.83. The van der Waals surface area contributed by atoms with Gasteiger partial charge >= 0.3 is 0 Å². The van der Waals surface area contributed by atoms with Crippen LogP contribution >= 0.6 is 11.8 Å². The Kier molecular flexibility index (Phi) is 6.71. The molecule has 27 heavy (non-hydrogen) atoms. The number of carbonyl (C=O) groups is 1. The minimum absolute atomic E-state index is 0.0253. The molecule has 1 aromatic heterocycles. The quantitative estimate of drug-likeness (QED) is 0.625. The summed E-state index contributed by atoms with van der Waals surface area (Å²) in [6, 6.07) is 18.6. The molecule has 2 aromatic carbocycles. The predicted octanol–water partition coefficient (Wildman–Crippen LogP) is 4.55. The Labute approximate surface area is 165 Å². The van der Waals surface area contributed by atoms with Crippen LogP contribution in [0.5, 0.6) is 0 Å². The molecule has 0 aliphatic rings. The van der Waals surface area contributed by atoms with E-state index < -0.39 is 0 Å². The highest BCUT2D eigenvalue weighted by Crippen LogP contribution is 2.17. The second-order valence-electron chi connectivity index (χ2n) is 6.49. The third kappa shape index (κ3) is 5.47. The molecule has 3 aromatic rings. The summed E-state index contributed by atoms with van der Waals surface area (Å²) in [5, 5.41) is 7.30. The molecule has 0 saturated heterocycles. The highest BCUT2D eigenvalue weighted by atomic mass is 32.2. The molecule has 1 N–H and O–H groups in total. The lowest BCUT2D eigenvalue weighted by Gasteiger charge is -2.14. The number of nitrogens with zero attached hydrogens (tertiary/aromatic N) is 2. The number of hydrogen-bond donors (Lipinski definition) is 1. The number of amides is 1. The van der Waals surface area contributed by atoms with Gasteiger partial charge in [-0.1, -0.05) is 43.3 Å². The zero-order valence-electron chi connectivity index (χ0n) is 15.8. The standard InChI is InChI=1S/C22H25N3OS/c1-3-18-5-9-20(10-6-18)17(2)24-22(26)16-27-15-19-7-11-21(12-8-19)25-14-4-13-23-25/h4-14,17H,3,15-16H2,1-2H3,(H,24,26)/t17-/m0/s1. The van der Waals surface area contributed by atoms with Crippen molar-refractivity contribution in [2.24, 2.45) is 0 Å². The van der Waals surface area contributed by atoms with Gasteiger partial charge in [-0.25, -0.2) is 4.68 Å². The second kappa shape index (κ2) is 9.42. The molecule has 1 amide bonds. The van der Waals surface area contributed by atoms with Gasteiger partial charge < -0.3 is 5.32 Å². The molecule has 0 fully saturated rings. The van der Waals surface area contributed by atoms with Crippen LogP contribution in [0, 0.1) is 0 Å². The number of aromatic nitrogens is 2. The van der Waals surface area contributed by atoms with E-state index in [4.69, 9.17) is 0 Å². The van der Waals surface area contributed by atoms with Crippen LogP contribution in [0.1, 0.15) is 36.6 Å². The molecule has 0 radical (unpaired) electrons. The van der Waals surface area contributed by atoms with Gasteiger partial charge in [-0.2, -0.15) is 5.10 Å². The topological polar surface area (TPSA) is 46.9 Å². The van der Waals surface area contributed by atoms with Crippen molar-refractivity contribution in [2.75, 3.05) is 5.75 Å². The Balaban J connectivity index is 1.43. The molecule has 4 nitrogen and oxygen atoms in total. The van der Waals surface area contributed by atoms with Gasteiger partial charge in [0.15, 0.2) is 0 Å². The lowest BCUT2D eigenvalue weighted by atomic mass is 10.1. The zero-order chi connectivity index (χ0) is 19.1. The molecule has 0 aliphatic heterocycles. The lowest BCUT2D eigenvalue weighted by molar-refractivity contribution is -0.119. The summed E-state index contributed by atoms with van der Waals surface area (Å²) >= 11 is 1.63. The van der Waals surface area contributed by atoms with Gasteiger partial charge in [0, 0.05) is 18.1 Å². The molecule has 1 atom stereocenters. The SMILES string of the molecule is CCc1ccc([C@H](C)NC(=O)CSCc2ccc(-n3cccn3)cc2)cc1. The van der Waals surface area contributed by atoms with Crippen molar-refractivity contribution in [1.82, 2.24) is 15.1 Å². The van der Waals surface area contributed by atoms with Crippen molar-refractivity contribution in [1.29, 1.82) is 0 Å². The van der Waals surface area contributed by atoms with Crippen molar-refractivity contribution in [2.45, 2.75) is 32.1 Å². The van der Waals surface area contributed by atoms with E-state index in [-0.39, 0.29) is 11.9 Å². The average molecular weight is 380 g/mol. The fourth-order valence-electron chi connectivity index (χ4n) is 2.84. The lowest BCUT2D eigenvalue weighted by Crippen LogP contribution is -2.28. The molecule has 0 saturated carbocycles. The van der Waals surface area contributed by atoms with E-state index in [2.05, 4.69) is 53.7 Å². The normalized spacial score (nSPS) is 11.9. The van der Waals surface area contributed by atoms with Gasteiger partial charge in [0.1, 0.15) is 0 Å². The van der Waals surface area contributed by atoms with E-state index in [0.717, 1.165) is 23.4 Å². The van der Waals surface area contributed by atoms with E-state index in [1.807, 2.05) is 36.0 Å². The predicted molar refractivity (Wildman–Crippen MR) is 112 cm³/mol. The Morgan fingerprint density at radius 2 is 1.81 bits per heavy atom.